The first kappa shape index (κ1) is 24.0. The van der Waals surface area contributed by atoms with Crippen LogP contribution in [0.1, 0.15) is 47.1 Å². The van der Waals surface area contributed by atoms with Crippen molar-refractivity contribution < 1.29 is 27.5 Å². The quantitative estimate of drug-likeness (QED) is 0.572. The van der Waals surface area contributed by atoms with Crippen molar-refractivity contribution in [2.75, 3.05) is 0 Å². The van der Waals surface area contributed by atoms with Gasteiger partial charge >= 0.3 is 12.2 Å². The second-order valence-electron chi connectivity index (χ2n) is 8.67. The Hall–Kier alpha value is -2.32. The van der Waals surface area contributed by atoms with Crippen LogP contribution in [0, 0.1) is 0 Å². The smallest absolute Gasteiger partial charge is 0.434 e. The second kappa shape index (κ2) is 8.43. The molecule has 0 saturated carbocycles. The summed E-state index contributed by atoms with van der Waals surface area (Å²) in [6, 6.07) is 9.80. The van der Waals surface area contributed by atoms with Crippen LogP contribution in [0.5, 0.6) is 0 Å². The van der Waals surface area contributed by atoms with Crippen LogP contribution in [0.4, 0.5) is 9.59 Å². The topological polar surface area (TPSA) is 90.0 Å². The summed E-state index contributed by atoms with van der Waals surface area (Å²) >= 11 is 6.02. The molecule has 2 rings (SSSR count). The number of carbonyl (C=O) groups excluding carboxylic acids is 2. The number of amides is 2. The first-order chi connectivity index (χ1) is 13.7. The summed E-state index contributed by atoms with van der Waals surface area (Å²) in [5.41, 5.74) is -1.52. The van der Waals surface area contributed by atoms with Gasteiger partial charge in [-0.15, -0.1) is 11.6 Å². The fourth-order valence-electron chi connectivity index (χ4n) is 2.60. The number of benzene rings is 2. The van der Waals surface area contributed by atoms with Gasteiger partial charge in [0.05, 0.1) is 4.90 Å². The summed E-state index contributed by atoms with van der Waals surface area (Å²) in [5.74, 6) is 0.0444. The number of imide groups is 1. The molecule has 0 heterocycles. The number of ether oxygens (including phenoxy) is 2. The maximum absolute atomic E-state index is 13.4. The summed E-state index contributed by atoms with van der Waals surface area (Å²) in [7, 11) is -4.64. The lowest BCUT2D eigenvalue weighted by Crippen LogP contribution is -2.46. The third-order valence-corrected chi connectivity index (χ3v) is 5.62. The maximum atomic E-state index is 13.4. The van der Waals surface area contributed by atoms with Crippen molar-refractivity contribution >= 4 is 44.6 Å². The van der Waals surface area contributed by atoms with E-state index in [0.29, 0.717) is 10.9 Å². The first-order valence-electron chi connectivity index (χ1n) is 9.24. The number of hydrogen-bond acceptors (Lipinski definition) is 6. The molecule has 0 saturated heterocycles. The van der Waals surface area contributed by atoms with Gasteiger partial charge in [-0.1, -0.05) is 28.6 Å². The number of alkyl halides is 1. The number of halogens is 1. The summed E-state index contributed by atoms with van der Waals surface area (Å²) in [6.07, 6.45) is -2.70. The lowest BCUT2D eigenvalue weighted by Gasteiger charge is -2.28. The van der Waals surface area contributed by atoms with Crippen LogP contribution < -0.4 is 0 Å². The lowest BCUT2D eigenvalue weighted by atomic mass is 10.1. The van der Waals surface area contributed by atoms with Crippen molar-refractivity contribution in [3.8, 4) is 0 Å². The minimum absolute atomic E-state index is 0.0195. The SMILES string of the molecule is CC(C)(C)OC(=O)N(C(=O)OC(C)(C)C)S(=O)(=O)c1cc(CCl)c2ccccc2c1. The molecule has 0 fully saturated rings. The Kier molecular flexibility index (Phi) is 6.73. The van der Waals surface area contributed by atoms with Crippen LogP contribution in [0.15, 0.2) is 41.3 Å². The normalized spacial score (nSPS) is 12.5. The number of fused-ring (bicyclic) bond motifs is 1. The molecule has 0 bridgehead atoms. The van der Waals surface area contributed by atoms with E-state index in [4.69, 9.17) is 21.1 Å². The summed E-state index contributed by atoms with van der Waals surface area (Å²) in [6.45, 7) is 9.37. The van der Waals surface area contributed by atoms with Gasteiger partial charge in [-0.3, -0.25) is 0 Å². The van der Waals surface area contributed by atoms with E-state index >= 15 is 0 Å². The highest BCUT2D eigenvalue weighted by Gasteiger charge is 2.41. The van der Waals surface area contributed by atoms with Crippen molar-refractivity contribution in [2.24, 2.45) is 0 Å². The van der Waals surface area contributed by atoms with Gasteiger partial charge < -0.3 is 9.47 Å². The molecule has 0 aliphatic carbocycles. The summed E-state index contributed by atoms with van der Waals surface area (Å²) < 4.78 is 37.1. The highest BCUT2D eigenvalue weighted by Crippen LogP contribution is 2.28. The molecule has 0 aromatic heterocycles. The molecule has 0 aliphatic heterocycles. The fraction of sp³-hybridized carbons (Fsp3) is 0.429. The number of nitrogens with zero attached hydrogens (tertiary/aromatic N) is 1. The Bertz CT molecular complexity index is 1040. The molecule has 2 aromatic carbocycles. The number of hydrogen-bond donors (Lipinski definition) is 0. The zero-order valence-corrected chi connectivity index (χ0v) is 19.4. The molecule has 7 nitrogen and oxygen atoms in total. The standard InChI is InChI=1S/C21H26ClNO6S/c1-20(2,3)28-18(24)23(19(25)29-21(4,5)6)30(26,27)16-11-14-9-7-8-10-17(14)15(12-16)13-22/h7-12H,13H2,1-6H3. The minimum atomic E-state index is -4.64. The van der Waals surface area contributed by atoms with Crippen LogP contribution in [0.2, 0.25) is 0 Å². The molecule has 2 amide bonds. The van der Waals surface area contributed by atoms with Crippen molar-refractivity contribution in [3.63, 3.8) is 0 Å². The highest BCUT2D eigenvalue weighted by molar-refractivity contribution is 7.90. The van der Waals surface area contributed by atoms with E-state index in [1.165, 1.54) is 12.1 Å². The fourth-order valence-corrected chi connectivity index (χ4v) is 4.07. The second-order valence-corrected chi connectivity index (χ2v) is 10.7. The summed E-state index contributed by atoms with van der Waals surface area (Å²) in [4.78, 5) is 25.2. The third kappa shape index (κ3) is 5.64. The lowest BCUT2D eigenvalue weighted by molar-refractivity contribution is 0.0174. The predicted molar refractivity (Wildman–Crippen MR) is 115 cm³/mol. The Morgan fingerprint density at radius 3 is 1.90 bits per heavy atom. The zero-order chi connectivity index (χ0) is 22.9. The van der Waals surface area contributed by atoms with Gasteiger partial charge in [-0.05, 0) is 70.0 Å². The maximum Gasteiger partial charge on any atom is 0.434 e. The molecule has 2 aromatic rings. The number of carbonyl (C=O) groups is 2. The molecule has 164 valence electrons. The zero-order valence-electron chi connectivity index (χ0n) is 17.9. The number of rotatable bonds is 3. The average Bonchev–Trinajstić information content (AvgIpc) is 2.57. The molecule has 0 unspecified atom stereocenters. The van der Waals surface area contributed by atoms with Gasteiger partial charge in [0, 0.05) is 5.88 Å². The van der Waals surface area contributed by atoms with E-state index in [-0.39, 0.29) is 15.1 Å². The molecule has 0 N–H and O–H groups in total. The monoisotopic (exact) mass is 455 g/mol. The Morgan fingerprint density at radius 1 is 0.933 bits per heavy atom. The van der Waals surface area contributed by atoms with Gasteiger partial charge in [0.2, 0.25) is 0 Å². The first-order valence-corrected chi connectivity index (χ1v) is 11.2. The third-order valence-electron chi connectivity index (χ3n) is 3.72. The van der Waals surface area contributed by atoms with E-state index in [0.717, 1.165) is 5.39 Å². The molecule has 0 spiro atoms. The molecular weight excluding hydrogens is 430 g/mol. The molecule has 0 radical (unpaired) electrons. The van der Waals surface area contributed by atoms with E-state index < -0.39 is 33.4 Å². The average molecular weight is 456 g/mol. The Balaban J connectivity index is 2.65. The Morgan fingerprint density at radius 2 is 1.43 bits per heavy atom. The van der Waals surface area contributed by atoms with Crippen molar-refractivity contribution in [2.45, 2.75) is 63.5 Å². The highest BCUT2D eigenvalue weighted by atomic mass is 35.5. The van der Waals surface area contributed by atoms with Crippen molar-refractivity contribution in [1.82, 2.24) is 4.31 Å². The van der Waals surface area contributed by atoms with E-state index in [2.05, 4.69) is 0 Å². The molecule has 0 aliphatic rings. The summed E-state index contributed by atoms with van der Waals surface area (Å²) in [5, 5.41) is 1.37. The van der Waals surface area contributed by atoms with Crippen LogP contribution >= 0.6 is 11.6 Å². The molecule has 9 heteroatoms. The largest absolute Gasteiger partial charge is 0.443 e. The van der Waals surface area contributed by atoms with Crippen molar-refractivity contribution in [1.29, 1.82) is 0 Å². The van der Waals surface area contributed by atoms with Crippen LogP contribution in [-0.2, 0) is 25.4 Å². The van der Waals surface area contributed by atoms with Crippen LogP contribution in [-0.4, -0.2) is 36.1 Å². The van der Waals surface area contributed by atoms with Crippen LogP contribution in [0.3, 0.4) is 0 Å². The van der Waals surface area contributed by atoms with Crippen LogP contribution in [0.25, 0.3) is 10.8 Å². The predicted octanol–water partition coefficient (Wildman–Crippen LogP) is 5.44. The van der Waals surface area contributed by atoms with Crippen molar-refractivity contribution in [3.05, 3.63) is 42.0 Å². The van der Waals surface area contributed by atoms with Gasteiger partial charge in [0.25, 0.3) is 10.0 Å². The van der Waals surface area contributed by atoms with Gasteiger partial charge in [-0.25, -0.2) is 18.0 Å². The minimum Gasteiger partial charge on any atom is -0.443 e. The Labute approximate surface area is 182 Å². The molecular formula is C21H26ClNO6S. The van der Waals surface area contributed by atoms with E-state index in [1.54, 1.807) is 59.7 Å². The van der Waals surface area contributed by atoms with Gasteiger partial charge in [0.1, 0.15) is 11.2 Å². The van der Waals surface area contributed by atoms with E-state index in [1.807, 2.05) is 6.07 Å². The molecule has 0 atom stereocenters. The molecule has 30 heavy (non-hydrogen) atoms. The number of sulfonamides is 1. The van der Waals surface area contributed by atoms with E-state index in [9.17, 15) is 18.0 Å². The van der Waals surface area contributed by atoms with Gasteiger partial charge in [-0.2, -0.15) is 0 Å². The van der Waals surface area contributed by atoms with Gasteiger partial charge in [0.15, 0.2) is 0 Å².